The van der Waals surface area contributed by atoms with E-state index in [1.807, 2.05) is 18.2 Å². The topological polar surface area (TPSA) is 62.5 Å². The van der Waals surface area contributed by atoms with Crippen LogP contribution in [0.2, 0.25) is 0 Å². The molecule has 2 atom stereocenters. The average Bonchev–Trinajstić information content (AvgIpc) is 3.26. The summed E-state index contributed by atoms with van der Waals surface area (Å²) in [6, 6.07) is 9.18. The SMILES string of the molecule is CCC(CC)c1cc(CNC(=NC)NC2CC2c2ccccc2F)on1.I. The van der Waals surface area contributed by atoms with Crippen molar-refractivity contribution in [3.8, 4) is 0 Å². The standard InChI is InChI=1S/C20H27FN4O.HI/c1-4-13(5-2)18-10-14(26-25-18)12-23-20(22-3)24-19-11-16(19)15-8-6-7-9-17(15)21;/h6-10,13,16,19H,4-5,11-12H2,1-3H3,(H2,22,23,24);1H. The van der Waals surface area contributed by atoms with Gasteiger partial charge in [-0.15, -0.1) is 24.0 Å². The van der Waals surface area contributed by atoms with Gasteiger partial charge in [0.2, 0.25) is 0 Å². The summed E-state index contributed by atoms with van der Waals surface area (Å²) in [7, 11) is 1.73. The molecule has 2 unspecified atom stereocenters. The van der Waals surface area contributed by atoms with Crippen molar-refractivity contribution in [2.75, 3.05) is 7.05 Å². The highest BCUT2D eigenvalue weighted by atomic mass is 127. The van der Waals surface area contributed by atoms with E-state index in [9.17, 15) is 4.39 Å². The predicted molar refractivity (Wildman–Crippen MR) is 116 cm³/mol. The molecule has 0 saturated heterocycles. The Hall–Kier alpha value is -1.64. The number of hydrogen-bond acceptors (Lipinski definition) is 3. The minimum absolute atomic E-state index is 0. The van der Waals surface area contributed by atoms with E-state index < -0.39 is 0 Å². The number of nitrogens with zero attached hydrogens (tertiary/aromatic N) is 2. The van der Waals surface area contributed by atoms with Crippen LogP contribution < -0.4 is 10.6 Å². The second-order valence-electron chi connectivity index (χ2n) is 6.77. The van der Waals surface area contributed by atoms with Crippen LogP contribution in [-0.4, -0.2) is 24.2 Å². The van der Waals surface area contributed by atoms with E-state index in [4.69, 9.17) is 4.52 Å². The molecule has 1 aromatic carbocycles. The Morgan fingerprint density at radius 3 is 2.74 bits per heavy atom. The smallest absolute Gasteiger partial charge is 0.191 e. The largest absolute Gasteiger partial charge is 0.359 e. The molecular weight excluding hydrogens is 458 g/mol. The van der Waals surface area contributed by atoms with Gasteiger partial charge in [-0.25, -0.2) is 4.39 Å². The molecule has 148 valence electrons. The minimum Gasteiger partial charge on any atom is -0.359 e. The van der Waals surface area contributed by atoms with Crippen LogP contribution in [-0.2, 0) is 6.54 Å². The van der Waals surface area contributed by atoms with Gasteiger partial charge >= 0.3 is 0 Å². The number of rotatable bonds is 7. The Morgan fingerprint density at radius 2 is 2.07 bits per heavy atom. The van der Waals surface area contributed by atoms with Crippen molar-refractivity contribution in [1.29, 1.82) is 0 Å². The van der Waals surface area contributed by atoms with Gasteiger partial charge in [0.25, 0.3) is 0 Å². The van der Waals surface area contributed by atoms with Crippen molar-refractivity contribution >= 4 is 29.9 Å². The van der Waals surface area contributed by atoms with Gasteiger partial charge in [-0.05, 0) is 30.9 Å². The summed E-state index contributed by atoms with van der Waals surface area (Å²) >= 11 is 0. The van der Waals surface area contributed by atoms with Gasteiger partial charge in [0.1, 0.15) is 5.82 Å². The summed E-state index contributed by atoms with van der Waals surface area (Å²) in [5.74, 6) is 1.98. The molecule has 1 heterocycles. The first-order valence-electron chi connectivity index (χ1n) is 9.33. The molecule has 0 spiro atoms. The molecule has 1 fully saturated rings. The zero-order chi connectivity index (χ0) is 18.5. The first-order valence-corrected chi connectivity index (χ1v) is 9.33. The van der Waals surface area contributed by atoms with Crippen LogP contribution in [0.1, 0.15) is 62.0 Å². The third kappa shape index (κ3) is 5.43. The normalized spacial score (nSPS) is 18.9. The molecular formula is C20H28FIN4O. The van der Waals surface area contributed by atoms with Crippen molar-refractivity contribution in [2.45, 2.75) is 57.5 Å². The number of nitrogens with one attached hydrogen (secondary N) is 2. The first-order chi connectivity index (χ1) is 12.7. The Bertz CT molecular complexity index is 760. The summed E-state index contributed by atoms with van der Waals surface area (Å²) in [5.41, 5.74) is 1.78. The third-order valence-electron chi connectivity index (χ3n) is 5.05. The molecule has 2 aromatic rings. The quantitative estimate of drug-likeness (QED) is 0.343. The van der Waals surface area contributed by atoms with E-state index in [1.165, 1.54) is 6.07 Å². The Labute approximate surface area is 177 Å². The number of aliphatic imine (C=N–C) groups is 1. The number of aromatic nitrogens is 1. The second-order valence-corrected chi connectivity index (χ2v) is 6.77. The molecule has 7 heteroatoms. The van der Waals surface area contributed by atoms with Gasteiger partial charge in [-0.3, -0.25) is 4.99 Å². The molecule has 1 aliphatic rings. The first kappa shape index (κ1) is 21.7. The van der Waals surface area contributed by atoms with Crippen LogP contribution in [0.15, 0.2) is 39.8 Å². The van der Waals surface area contributed by atoms with Gasteiger partial charge in [0.15, 0.2) is 11.7 Å². The monoisotopic (exact) mass is 486 g/mol. The van der Waals surface area contributed by atoms with Crippen molar-refractivity contribution in [1.82, 2.24) is 15.8 Å². The van der Waals surface area contributed by atoms with Crippen LogP contribution in [0.5, 0.6) is 0 Å². The Balaban J connectivity index is 0.00000261. The molecule has 2 N–H and O–H groups in total. The van der Waals surface area contributed by atoms with E-state index in [0.29, 0.717) is 18.4 Å². The van der Waals surface area contributed by atoms with Crippen LogP contribution in [0.3, 0.4) is 0 Å². The summed E-state index contributed by atoms with van der Waals surface area (Å²) in [4.78, 5) is 4.25. The molecule has 0 aliphatic heterocycles. The molecule has 0 radical (unpaired) electrons. The highest BCUT2D eigenvalue weighted by Crippen LogP contribution is 2.41. The van der Waals surface area contributed by atoms with Crippen LogP contribution in [0, 0.1) is 5.82 Å². The van der Waals surface area contributed by atoms with E-state index in [2.05, 4.69) is 34.6 Å². The van der Waals surface area contributed by atoms with Crippen molar-refractivity contribution in [3.63, 3.8) is 0 Å². The molecule has 0 bridgehead atoms. The summed E-state index contributed by atoms with van der Waals surface area (Å²) < 4.78 is 19.3. The molecule has 5 nitrogen and oxygen atoms in total. The van der Waals surface area contributed by atoms with Crippen LogP contribution in [0.4, 0.5) is 4.39 Å². The van der Waals surface area contributed by atoms with Crippen LogP contribution in [0.25, 0.3) is 0 Å². The molecule has 1 aliphatic carbocycles. The van der Waals surface area contributed by atoms with Gasteiger partial charge in [-0.1, -0.05) is 37.2 Å². The van der Waals surface area contributed by atoms with Gasteiger partial charge < -0.3 is 15.2 Å². The zero-order valence-corrected chi connectivity index (χ0v) is 18.4. The van der Waals surface area contributed by atoms with E-state index in [-0.39, 0.29) is 41.8 Å². The van der Waals surface area contributed by atoms with E-state index >= 15 is 0 Å². The molecule has 0 amide bonds. The van der Waals surface area contributed by atoms with Gasteiger partial charge in [0.05, 0.1) is 12.2 Å². The number of benzene rings is 1. The highest BCUT2D eigenvalue weighted by Gasteiger charge is 2.40. The van der Waals surface area contributed by atoms with Crippen molar-refractivity contribution in [2.24, 2.45) is 4.99 Å². The summed E-state index contributed by atoms with van der Waals surface area (Å²) in [5, 5.41) is 10.8. The number of guanidine groups is 1. The Morgan fingerprint density at radius 1 is 1.33 bits per heavy atom. The second kappa shape index (κ2) is 10.1. The summed E-state index contributed by atoms with van der Waals surface area (Å²) in [6.07, 6.45) is 3.01. The fraction of sp³-hybridized carbons (Fsp3) is 0.500. The lowest BCUT2D eigenvalue weighted by Gasteiger charge is -2.11. The van der Waals surface area contributed by atoms with Gasteiger partial charge in [-0.2, -0.15) is 0 Å². The lowest BCUT2D eigenvalue weighted by Crippen LogP contribution is -2.38. The maximum Gasteiger partial charge on any atom is 0.191 e. The lowest BCUT2D eigenvalue weighted by molar-refractivity contribution is 0.368. The van der Waals surface area contributed by atoms with Crippen molar-refractivity contribution in [3.05, 3.63) is 53.2 Å². The molecule has 27 heavy (non-hydrogen) atoms. The zero-order valence-electron chi connectivity index (χ0n) is 16.0. The minimum atomic E-state index is -0.139. The van der Waals surface area contributed by atoms with Crippen molar-refractivity contribution < 1.29 is 8.91 Å². The lowest BCUT2D eigenvalue weighted by atomic mass is 9.99. The van der Waals surface area contributed by atoms with Gasteiger partial charge in [0, 0.05) is 31.0 Å². The number of hydrogen-bond donors (Lipinski definition) is 2. The maximum absolute atomic E-state index is 13.9. The summed E-state index contributed by atoms with van der Waals surface area (Å²) in [6.45, 7) is 4.84. The maximum atomic E-state index is 13.9. The Kier molecular flexibility index (Phi) is 8.07. The average molecular weight is 486 g/mol. The highest BCUT2D eigenvalue weighted by molar-refractivity contribution is 14.0. The fourth-order valence-corrected chi connectivity index (χ4v) is 3.33. The molecule has 1 aromatic heterocycles. The van der Waals surface area contributed by atoms with Crippen LogP contribution >= 0.6 is 24.0 Å². The molecule has 3 rings (SSSR count). The van der Waals surface area contributed by atoms with E-state index in [1.54, 1.807) is 13.1 Å². The predicted octanol–water partition coefficient (Wildman–Crippen LogP) is 4.56. The van der Waals surface area contributed by atoms with E-state index in [0.717, 1.165) is 36.3 Å². The fourth-order valence-electron chi connectivity index (χ4n) is 3.33. The molecule has 1 saturated carbocycles. The third-order valence-corrected chi connectivity index (χ3v) is 5.05. The number of halogens is 2.